The van der Waals surface area contributed by atoms with Crippen molar-refractivity contribution in [3.8, 4) is 5.75 Å². The fraction of sp³-hybridized carbons (Fsp3) is 0.500. The molecule has 1 heterocycles. The molecule has 1 fully saturated rings. The molecule has 0 spiro atoms. The van der Waals surface area contributed by atoms with Gasteiger partial charge in [0.15, 0.2) is 0 Å². The molecule has 0 amide bonds. The molecular weight excluding hydrogens is 246 g/mol. The molecule has 4 heteroatoms. The molecule has 1 unspecified atom stereocenters. The summed E-state index contributed by atoms with van der Waals surface area (Å²) in [5, 5.41) is 0. The first kappa shape index (κ1) is 13.6. The molecule has 2 rings (SSSR count). The molecule has 0 aromatic heterocycles. The Morgan fingerprint density at radius 2 is 1.94 bits per heavy atom. The van der Waals surface area contributed by atoms with E-state index in [1.807, 2.05) is 12.1 Å². The van der Waals surface area contributed by atoms with Crippen LogP contribution in [0.3, 0.4) is 0 Å². The van der Waals surface area contributed by atoms with E-state index in [-0.39, 0.29) is 10.5 Å². The van der Waals surface area contributed by atoms with E-state index in [4.69, 9.17) is 9.47 Å². The van der Waals surface area contributed by atoms with Crippen molar-refractivity contribution in [1.29, 1.82) is 0 Å². The summed E-state index contributed by atoms with van der Waals surface area (Å²) in [4.78, 5) is 3.65. The lowest BCUT2D eigenvalue weighted by Crippen LogP contribution is -2.38. The summed E-state index contributed by atoms with van der Waals surface area (Å²) < 4.78 is 11.1. The summed E-state index contributed by atoms with van der Waals surface area (Å²) >= 11 is 0. The molecule has 1 saturated heterocycles. The molecule has 0 radical (unpaired) electrons. The van der Waals surface area contributed by atoms with Gasteiger partial charge >= 0.3 is 0 Å². The van der Waals surface area contributed by atoms with Crippen molar-refractivity contribution in [3.63, 3.8) is 0 Å². The van der Waals surface area contributed by atoms with Crippen LogP contribution in [0.2, 0.25) is 0 Å². The van der Waals surface area contributed by atoms with Crippen LogP contribution in [0.5, 0.6) is 5.75 Å². The van der Waals surface area contributed by atoms with Gasteiger partial charge in [0.1, 0.15) is 12.4 Å². The summed E-state index contributed by atoms with van der Waals surface area (Å²) in [5.41, 5.74) is 0. The minimum absolute atomic E-state index is 0.0755. The lowest BCUT2D eigenvalue weighted by atomic mass is 10.3. The second kappa shape index (κ2) is 6.92. The second-order valence-electron chi connectivity index (χ2n) is 4.41. The van der Waals surface area contributed by atoms with Gasteiger partial charge in [-0.25, -0.2) is 0 Å². The first-order valence-electron chi connectivity index (χ1n) is 6.24. The molecule has 0 N–H and O–H groups in total. The number of ether oxygens (including phenoxy) is 2. The summed E-state index contributed by atoms with van der Waals surface area (Å²) in [7, 11) is 0.0755. The van der Waals surface area contributed by atoms with Crippen molar-refractivity contribution >= 4 is 16.4 Å². The molecule has 1 aliphatic heterocycles. The van der Waals surface area contributed by atoms with Gasteiger partial charge in [-0.2, -0.15) is 10.5 Å². The van der Waals surface area contributed by atoms with Crippen molar-refractivity contribution in [2.75, 3.05) is 45.7 Å². The van der Waals surface area contributed by atoms with E-state index < -0.39 is 0 Å². The van der Waals surface area contributed by atoms with E-state index in [1.165, 1.54) is 4.90 Å². The van der Waals surface area contributed by atoms with Gasteiger partial charge in [0.05, 0.1) is 13.2 Å². The van der Waals surface area contributed by atoms with E-state index >= 15 is 0 Å². The normalized spacial score (nSPS) is 18.5. The third kappa shape index (κ3) is 4.12. The average Bonchev–Trinajstić information content (AvgIpc) is 2.40. The zero-order chi connectivity index (χ0) is 12.8. The smallest absolute Gasteiger partial charge is 0.119 e. The quantitative estimate of drug-likeness (QED) is 0.763. The zero-order valence-corrected chi connectivity index (χ0v) is 11.7. The van der Waals surface area contributed by atoms with Crippen molar-refractivity contribution in [1.82, 2.24) is 4.90 Å². The van der Waals surface area contributed by atoms with Crippen molar-refractivity contribution in [2.45, 2.75) is 4.90 Å². The summed E-state index contributed by atoms with van der Waals surface area (Å²) in [6.45, 7) is 5.43. The van der Waals surface area contributed by atoms with Crippen LogP contribution < -0.4 is 4.74 Å². The van der Waals surface area contributed by atoms with Crippen LogP contribution in [-0.4, -0.2) is 56.5 Å². The predicted octanol–water partition coefficient (Wildman–Crippen LogP) is 2.09. The summed E-state index contributed by atoms with van der Waals surface area (Å²) in [6.07, 6.45) is 2.12. The fourth-order valence-electron chi connectivity index (χ4n) is 1.89. The maximum absolute atomic E-state index is 5.74. The number of benzene rings is 1. The first-order valence-corrected chi connectivity index (χ1v) is 8.04. The van der Waals surface area contributed by atoms with Gasteiger partial charge in [-0.1, -0.05) is 5.87 Å². The minimum atomic E-state index is 0.0755. The average molecular weight is 267 g/mol. The Hall–Kier alpha value is -0.840. The standard InChI is InChI=1S/C14H21NO2S/c1-18(2)14-5-3-13(4-6-14)17-12-9-15-7-10-16-11-8-15/h3-6H,1,7-12H2,2H3. The third-order valence-electron chi connectivity index (χ3n) is 3.01. The van der Waals surface area contributed by atoms with Gasteiger partial charge in [-0.05, 0) is 30.5 Å². The largest absolute Gasteiger partial charge is 0.492 e. The molecule has 3 nitrogen and oxygen atoms in total. The maximum Gasteiger partial charge on any atom is 0.119 e. The molecule has 1 atom stereocenters. The predicted molar refractivity (Wildman–Crippen MR) is 78.1 cm³/mol. The molecule has 0 bridgehead atoms. The van der Waals surface area contributed by atoms with E-state index in [2.05, 4.69) is 29.2 Å². The second-order valence-corrected chi connectivity index (χ2v) is 6.16. The molecule has 1 aliphatic rings. The van der Waals surface area contributed by atoms with Crippen molar-refractivity contribution in [3.05, 3.63) is 24.3 Å². The number of nitrogens with zero attached hydrogens (tertiary/aromatic N) is 1. The van der Waals surface area contributed by atoms with Crippen LogP contribution in [0.4, 0.5) is 0 Å². The molecule has 1 aromatic rings. The first-order chi connectivity index (χ1) is 8.75. The van der Waals surface area contributed by atoms with Crippen LogP contribution in [0, 0.1) is 0 Å². The Morgan fingerprint density at radius 1 is 1.28 bits per heavy atom. The summed E-state index contributed by atoms with van der Waals surface area (Å²) in [5.74, 6) is 4.97. The van der Waals surface area contributed by atoms with Crippen molar-refractivity contribution in [2.24, 2.45) is 0 Å². The van der Waals surface area contributed by atoms with E-state index in [0.717, 1.165) is 45.2 Å². The van der Waals surface area contributed by atoms with Crippen LogP contribution in [-0.2, 0) is 4.74 Å². The zero-order valence-electron chi connectivity index (χ0n) is 10.9. The van der Waals surface area contributed by atoms with Crippen LogP contribution in [0.25, 0.3) is 0 Å². The molecule has 1 aromatic carbocycles. The van der Waals surface area contributed by atoms with Gasteiger partial charge in [0, 0.05) is 24.5 Å². The minimum Gasteiger partial charge on any atom is -0.492 e. The Kier molecular flexibility index (Phi) is 5.23. The van der Waals surface area contributed by atoms with E-state index in [0.29, 0.717) is 0 Å². The van der Waals surface area contributed by atoms with Crippen LogP contribution in [0.15, 0.2) is 29.2 Å². The lowest BCUT2D eigenvalue weighted by Gasteiger charge is -2.26. The van der Waals surface area contributed by atoms with Crippen LogP contribution >= 0.6 is 10.5 Å². The third-order valence-corrected chi connectivity index (χ3v) is 4.08. The Morgan fingerprint density at radius 3 is 2.56 bits per heavy atom. The van der Waals surface area contributed by atoms with Gasteiger partial charge in [-0.15, -0.1) is 0 Å². The Balaban J connectivity index is 1.74. The monoisotopic (exact) mass is 267 g/mol. The molecule has 0 aliphatic carbocycles. The lowest BCUT2D eigenvalue weighted by molar-refractivity contribution is 0.0322. The number of hydrogen-bond donors (Lipinski definition) is 0. The highest BCUT2D eigenvalue weighted by molar-refractivity contribution is 8.13. The Labute approximate surface area is 112 Å². The number of rotatable bonds is 5. The van der Waals surface area contributed by atoms with Gasteiger partial charge in [-0.3, -0.25) is 4.90 Å². The van der Waals surface area contributed by atoms with Gasteiger partial charge in [0.25, 0.3) is 0 Å². The number of hydrogen-bond acceptors (Lipinski definition) is 3. The summed E-state index contributed by atoms with van der Waals surface area (Å²) in [6, 6.07) is 8.26. The highest BCUT2D eigenvalue weighted by Gasteiger charge is 2.09. The highest BCUT2D eigenvalue weighted by atomic mass is 32.2. The van der Waals surface area contributed by atoms with Gasteiger partial charge in [0.2, 0.25) is 0 Å². The highest BCUT2D eigenvalue weighted by Crippen LogP contribution is 2.23. The SMILES string of the molecule is C=S(C)c1ccc(OCCN2CCOCC2)cc1. The van der Waals surface area contributed by atoms with Crippen LogP contribution in [0.1, 0.15) is 0 Å². The number of morpholine rings is 1. The van der Waals surface area contributed by atoms with Gasteiger partial charge < -0.3 is 9.47 Å². The molecule has 100 valence electrons. The van der Waals surface area contributed by atoms with E-state index in [9.17, 15) is 0 Å². The molecular formula is C14H21NO2S. The fourth-order valence-corrected chi connectivity index (χ4v) is 2.49. The Bertz CT molecular complexity index is 385. The van der Waals surface area contributed by atoms with Crippen molar-refractivity contribution < 1.29 is 9.47 Å². The maximum atomic E-state index is 5.74. The topological polar surface area (TPSA) is 21.7 Å². The molecule has 0 saturated carbocycles. The van der Waals surface area contributed by atoms with E-state index in [1.54, 1.807) is 0 Å². The molecule has 18 heavy (non-hydrogen) atoms.